The molecule has 1 unspecified atom stereocenters. The van der Waals surface area contributed by atoms with E-state index in [1.807, 2.05) is 6.92 Å². The van der Waals surface area contributed by atoms with Crippen molar-refractivity contribution >= 4 is 5.69 Å². The van der Waals surface area contributed by atoms with Crippen molar-refractivity contribution < 1.29 is 13.9 Å². The molecule has 0 aliphatic heterocycles. The fraction of sp³-hybridized carbons (Fsp3) is 0.231. The van der Waals surface area contributed by atoms with Gasteiger partial charge in [-0.2, -0.15) is 0 Å². The van der Waals surface area contributed by atoms with Crippen molar-refractivity contribution in [1.29, 1.82) is 0 Å². The number of hydrogen-bond donors (Lipinski definition) is 2. The van der Waals surface area contributed by atoms with Crippen LogP contribution in [-0.2, 0) is 0 Å². The number of rotatable bonds is 4. The van der Waals surface area contributed by atoms with Gasteiger partial charge in [0.1, 0.15) is 17.7 Å². The van der Waals surface area contributed by atoms with Gasteiger partial charge in [0.2, 0.25) is 0 Å². The molecular weight excluding hydrogens is 221 g/mol. The second-order valence-corrected chi connectivity index (χ2v) is 3.87. The quantitative estimate of drug-likeness (QED) is 0.856. The molecule has 17 heavy (non-hydrogen) atoms. The highest BCUT2D eigenvalue weighted by Gasteiger charge is 2.10. The average molecular weight is 235 g/mol. The van der Waals surface area contributed by atoms with Gasteiger partial charge in [-0.05, 0) is 42.8 Å². The SMILES string of the molecule is Cc1cc(F)ccc1NCC(O)c1ccco1. The van der Waals surface area contributed by atoms with Crippen LogP contribution in [0.4, 0.5) is 10.1 Å². The Balaban J connectivity index is 1.98. The van der Waals surface area contributed by atoms with Gasteiger partial charge in [-0.15, -0.1) is 0 Å². The van der Waals surface area contributed by atoms with E-state index in [1.165, 1.54) is 18.4 Å². The van der Waals surface area contributed by atoms with Crippen LogP contribution in [0, 0.1) is 12.7 Å². The number of aliphatic hydroxyl groups excluding tert-OH is 1. The molecule has 2 N–H and O–H groups in total. The zero-order valence-electron chi connectivity index (χ0n) is 9.48. The highest BCUT2D eigenvalue weighted by Crippen LogP contribution is 2.18. The van der Waals surface area contributed by atoms with Crippen LogP contribution < -0.4 is 5.32 Å². The number of furan rings is 1. The van der Waals surface area contributed by atoms with Crippen LogP contribution >= 0.6 is 0 Å². The van der Waals surface area contributed by atoms with E-state index < -0.39 is 6.10 Å². The van der Waals surface area contributed by atoms with Crippen molar-refractivity contribution in [3.05, 3.63) is 53.7 Å². The van der Waals surface area contributed by atoms with Crippen LogP contribution in [-0.4, -0.2) is 11.7 Å². The molecule has 0 aliphatic rings. The minimum absolute atomic E-state index is 0.264. The van der Waals surface area contributed by atoms with Crippen molar-refractivity contribution in [2.24, 2.45) is 0 Å². The van der Waals surface area contributed by atoms with Crippen LogP contribution in [0.3, 0.4) is 0 Å². The maximum absolute atomic E-state index is 12.9. The number of anilines is 1. The number of hydrogen-bond acceptors (Lipinski definition) is 3. The first kappa shape index (κ1) is 11.7. The number of nitrogens with one attached hydrogen (secondary N) is 1. The zero-order valence-corrected chi connectivity index (χ0v) is 9.48. The standard InChI is InChI=1S/C13H14FNO2/c1-9-7-10(14)4-5-11(9)15-8-12(16)13-3-2-6-17-13/h2-7,12,15-16H,8H2,1H3. The number of aryl methyl sites for hydroxylation is 1. The van der Waals surface area contributed by atoms with Gasteiger partial charge >= 0.3 is 0 Å². The molecule has 0 radical (unpaired) electrons. The second kappa shape index (κ2) is 5.01. The summed E-state index contributed by atoms with van der Waals surface area (Å²) >= 11 is 0. The highest BCUT2D eigenvalue weighted by atomic mass is 19.1. The Morgan fingerprint density at radius 1 is 1.41 bits per heavy atom. The topological polar surface area (TPSA) is 45.4 Å². The Kier molecular flexibility index (Phi) is 3.44. The van der Waals surface area contributed by atoms with Crippen molar-refractivity contribution in [2.75, 3.05) is 11.9 Å². The van der Waals surface area contributed by atoms with E-state index in [9.17, 15) is 9.50 Å². The average Bonchev–Trinajstić information content (AvgIpc) is 2.81. The molecule has 0 bridgehead atoms. The fourth-order valence-electron chi connectivity index (χ4n) is 1.61. The van der Waals surface area contributed by atoms with Gasteiger partial charge in [-0.25, -0.2) is 4.39 Å². The lowest BCUT2D eigenvalue weighted by molar-refractivity contribution is 0.162. The van der Waals surface area contributed by atoms with Gasteiger partial charge in [0.05, 0.1) is 6.26 Å². The van der Waals surface area contributed by atoms with Gasteiger partial charge in [-0.1, -0.05) is 0 Å². The Hall–Kier alpha value is -1.81. The number of aliphatic hydroxyl groups is 1. The van der Waals surface area contributed by atoms with E-state index in [1.54, 1.807) is 18.2 Å². The lowest BCUT2D eigenvalue weighted by Crippen LogP contribution is -2.12. The molecule has 0 saturated heterocycles. The predicted octanol–water partition coefficient (Wildman–Crippen LogP) is 2.87. The molecule has 90 valence electrons. The van der Waals surface area contributed by atoms with Gasteiger partial charge in [0.15, 0.2) is 0 Å². The summed E-state index contributed by atoms with van der Waals surface area (Å²) < 4.78 is 18.0. The zero-order chi connectivity index (χ0) is 12.3. The van der Waals surface area contributed by atoms with Gasteiger partial charge in [0.25, 0.3) is 0 Å². The molecule has 4 heteroatoms. The molecule has 0 spiro atoms. The van der Waals surface area contributed by atoms with Crippen molar-refractivity contribution in [2.45, 2.75) is 13.0 Å². The smallest absolute Gasteiger partial charge is 0.134 e. The lowest BCUT2D eigenvalue weighted by atomic mass is 10.2. The van der Waals surface area contributed by atoms with Crippen LogP contribution in [0.25, 0.3) is 0 Å². The molecular formula is C13H14FNO2. The molecule has 3 nitrogen and oxygen atoms in total. The van der Waals surface area contributed by atoms with E-state index in [4.69, 9.17) is 4.42 Å². The minimum atomic E-state index is -0.713. The monoisotopic (exact) mass is 235 g/mol. The summed E-state index contributed by atoms with van der Waals surface area (Å²) in [6.45, 7) is 2.13. The summed E-state index contributed by atoms with van der Waals surface area (Å²) in [6, 6.07) is 7.92. The molecule has 0 aliphatic carbocycles. The molecule has 0 fully saturated rings. The highest BCUT2D eigenvalue weighted by molar-refractivity contribution is 5.50. The molecule has 1 aromatic heterocycles. The summed E-state index contributed by atoms with van der Waals surface area (Å²) in [5.41, 5.74) is 1.61. The second-order valence-electron chi connectivity index (χ2n) is 3.87. The molecule has 2 aromatic rings. The third kappa shape index (κ3) is 2.85. The Bertz CT molecular complexity index is 482. The first-order valence-electron chi connectivity index (χ1n) is 5.38. The Morgan fingerprint density at radius 3 is 2.88 bits per heavy atom. The minimum Gasteiger partial charge on any atom is -0.467 e. The van der Waals surface area contributed by atoms with Gasteiger partial charge in [0, 0.05) is 12.2 Å². The van der Waals surface area contributed by atoms with Crippen molar-refractivity contribution in [1.82, 2.24) is 0 Å². The Morgan fingerprint density at radius 2 is 2.24 bits per heavy atom. The largest absolute Gasteiger partial charge is 0.467 e. The summed E-state index contributed by atoms with van der Waals surface area (Å²) in [5.74, 6) is 0.247. The molecule has 0 saturated carbocycles. The van der Waals surface area contributed by atoms with E-state index in [0.29, 0.717) is 12.3 Å². The third-order valence-corrected chi connectivity index (χ3v) is 2.55. The van der Waals surface area contributed by atoms with Crippen LogP contribution in [0.1, 0.15) is 17.4 Å². The summed E-state index contributed by atoms with van der Waals surface area (Å²) in [7, 11) is 0. The molecule has 1 aromatic carbocycles. The van der Waals surface area contributed by atoms with E-state index in [0.717, 1.165) is 11.3 Å². The van der Waals surface area contributed by atoms with Crippen LogP contribution in [0.2, 0.25) is 0 Å². The molecule has 2 rings (SSSR count). The van der Waals surface area contributed by atoms with Crippen molar-refractivity contribution in [3.8, 4) is 0 Å². The normalized spacial score (nSPS) is 12.4. The summed E-state index contributed by atoms with van der Waals surface area (Å²) in [4.78, 5) is 0. The van der Waals surface area contributed by atoms with Gasteiger partial charge in [-0.3, -0.25) is 0 Å². The van der Waals surface area contributed by atoms with E-state index in [2.05, 4.69) is 5.32 Å². The van der Waals surface area contributed by atoms with Crippen LogP contribution in [0.15, 0.2) is 41.0 Å². The van der Waals surface area contributed by atoms with E-state index in [-0.39, 0.29) is 5.82 Å². The fourth-order valence-corrected chi connectivity index (χ4v) is 1.61. The lowest BCUT2D eigenvalue weighted by Gasteiger charge is -2.12. The molecule has 1 heterocycles. The maximum Gasteiger partial charge on any atom is 0.134 e. The van der Waals surface area contributed by atoms with Gasteiger partial charge < -0.3 is 14.8 Å². The molecule has 0 amide bonds. The number of halogens is 1. The molecule has 1 atom stereocenters. The van der Waals surface area contributed by atoms with E-state index >= 15 is 0 Å². The van der Waals surface area contributed by atoms with Crippen LogP contribution in [0.5, 0.6) is 0 Å². The number of benzene rings is 1. The first-order chi connectivity index (χ1) is 8.16. The summed E-state index contributed by atoms with van der Waals surface area (Å²) in [6.07, 6.45) is 0.802. The van der Waals surface area contributed by atoms with Crippen molar-refractivity contribution in [3.63, 3.8) is 0 Å². The Labute approximate surface area is 98.9 Å². The third-order valence-electron chi connectivity index (χ3n) is 2.55. The summed E-state index contributed by atoms with van der Waals surface area (Å²) in [5, 5.41) is 12.8. The predicted molar refractivity (Wildman–Crippen MR) is 63.3 cm³/mol. The first-order valence-corrected chi connectivity index (χ1v) is 5.38. The maximum atomic E-state index is 12.9.